The summed E-state index contributed by atoms with van der Waals surface area (Å²) in [7, 11) is 0. The van der Waals surface area contributed by atoms with Gasteiger partial charge in [-0.3, -0.25) is 0 Å². The van der Waals surface area contributed by atoms with Crippen molar-refractivity contribution in [2.45, 2.75) is 31.6 Å². The molecule has 0 amide bonds. The Morgan fingerprint density at radius 3 is 2.38 bits per heavy atom. The molecule has 0 fully saturated rings. The standard InChI is InChI=1S/C8H16FNO2S/c1-6(9)7(5-11)10-13(12)8(2,3)4/h7,10-11H,1,5H2,2-4H3/t7-,13-/m0/s1. The summed E-state index contributed by atoms with van der Waals surface area (Å²) in [6, 6.07) is -0.944. The number of aliphatic hydroxyl groups excluding tert-OH is 1. The minimum absolute atomic E-state index is 0.447. The van der Waals surface area contributed by atoms with Crippen LogP contribution in [0.5, 0.6) is 0 Å². The van der Waals surface area contributed by atoms with Gasteiger partial charge in [-0.05, 0) is 20.8 Å². The van der Waals surface area contributed by atoms with Crippen LogP contribution in [0.25, 0.3) is 0 Å². The van der Waals surface area contributed by atoms with Gasteiger partial charge in [0.2, 0.25) is 0 Å². The van der Waals surface area contributed by atoms with E-state index in [0.717, 1.165) is 0 Å². The molecule has 3 nitrogen and oxygen atoms in total. The highest BCUT2D eigenvalue weighted by molar-refractivity contribution is 7.90. The van der Waals surface area contributed by atoms with Gasteiger partial charge in [0.15, 0.2) is 0 Å². The Hall–Kier alpha value is -0.100. The lowest BCUT2D eigenvalue weighted by atomic mass is 10.3. The van der Waals surface area contributed by atoms with Crippen molar-refractivity contribution in [3.05, 3.63) is 12.4 Å². The lowest BCUT2D eigenvalue weighted by Crippen LogP contribution is -2.46. The number of aliphatic hydroxyl groups is 1. The SMILES string of the molecule is C=C(F)[C@H](CO)N[S@@+]([O-])C(C)(C)C. The minimum Gasteiger partial charge on any atom is -0.598 e. The van der Waals surface area contributed by atoms with E-state index in [0.29, 0.717) is 0 Å². The molecule has 78 valence electrons. The van der Waals surface area contributed by atoms with Crippen LogP contribution in [0.2, 0.25) is 0 Å². The average molecular weight is 209 g/mol. The fourth-order valence-electron chi connectivity index (χ4n) is 0.506. The van der Waals surface area contributed by atoms with Gasteiger partial charge in [0, 0.05) is 11.4 Å². The maximum absolute atomic E-state index is 12.6. The third kappa shape index (κ3) is 4.61. The predicted molar refractivity (Wildman–Crippen MR) is 52.2 cm³/mol. The van der Waals surface area contributed by atoms with Crippen LogP contribution in [-0.2, 0) is 11.4 Å². The molecule has 2 atom stereocenters. The Labute approximate surface area is 81.3 Å². The number of halogens is 1. The van der Waals surface area contributed by atoms with Crippen molar-refractivity contribution >= 4 is 11.4 Å². The third-order valence-electron chi connectivity index (χ3n) is 1.37. The predicted octanol–water partition coefficient (Wildman–Crippen LogP) is 0.882. The van der Waals surface area contributed by atoms with Gasteiger partial charge >= 0.3 is 0 Å². The van der Waals surface area contributed by atoms with Crippen molar-refractivity contribution in [3.63, 3.8) is 0 Å². The summed E-state index contributed by atoms with van der Waals surface area (Å²) in [6.07, 6.45) is 0. The molecule has 13 heavy (non-hydrogen) atoms. The zero-order chi connectivity index (χ0) is 10.6. The highest BCUT2D eigenvalue weighted by atomic mass is 32.2. The molecule has 2 N–H and O–H groups in total. The van der Waals surface area contributed by atoms with Crippen LogP contribution in [-0.4, -0.2) is 27.1 Å². The maximum atomic E-state index is 12.6. The van der Waals surface area contributed by atoms with Crippen molar-refractivity contribution in [2.75, 3.05) is 6.61 Å². The topological polar surface area (TPSA) is 55.3 Å². The summed E-state index contributed by atoms with van der Waals surface area (Å²) in [5.41, 5.74) is 0. The first-order valence-corrected chi connectivity index (χ1v) is 5.07. The van der Waals surface area contributed by atoms with E-state index < -0.39 is 34.6 Å². The Balaban J connectivity index is 4.17. The normalized spacial score (nSPS) is 16.8. The molecule has 0 bridgehead atoms. The molecule has 0 heterocycles. The molecule has 0 rings (SSSR count). The van der Waals surface area contributed by atoms with Crippen molar-refractivity contribution in [3.8, 4) is 0 Å². The largest absolute Gasteiger partial charge is 0.598 e. The molecule has 0 aliphatic rings. The molecule has 0 aliphatic heterocycles. The lowest BCUT2D eigenvalue weighted by Gasteiger charge is -2.26. The van der Waals surface area contributed by atoms with Crippen LogP contribution < -0.4 is 4.72 Å². The van der Waals surface area contributed by atoms with E-state index in [-0.39, 0.29) is 0 Å². The van der Waals surface area contributed by atoms with Gasteiger partial charge in [0.25, 0.3) is 0 Å². The van der Waals surface area contributed by atoms with Gasteiger partial charge < -0.3 is 9.66 Å². The Bertz CT molecular complexity index is 181. The second kappa shape index (κ2) is 4.95. The van der Waals surface area contributed by atoms with Crippen molar-refractivity contribution in [1.82, 2.24) is 4.72 Å². The van der Waals surface area contributed by atoms with E-state index in [1.165, 1.54) is 0 Å². The molecular weight excluding hydrogens is 193 g/mol. The first-order chi connectivity index (χ1) is 5.79. The molecule has 5 heteroatoms. The summed E-state index contributed by atoms with van der Waals surface area (Å²) in [5.74, 6) is -0.708. The molecule has 0 aromatic heterocycles. The lowest BCUT2D eigenvalue weighted by molar-refractivity contribution is 0.257. The third-order valence-corrected chi connectivity index (χ3v) is 2.98. The van der Waals surface area contributed by atoms with Gasteiger partial charge in [-0.15, -0.1) is 4.72 Å². The summed E-state index contributed by atoms with van der Waals surface area (Å²) >= 11 is -1.40. The maximum Gasteiger partial charge on any atom is 0.136 e. The molecule has 0 aliphatic carbocycles. The number of rotatable bonds is 4. The highest BCUT2D eigenvalue weighted by Gasteiger charge is 2.29. The number of nitrogens with one attached hydrogen (secondary N) is 1. The molecule has 0 saturated carbocycles. The first kappa shape index (κ1) is 12.9. The first-order valence-electron chi connectivity index (χ1n) is 3.92. The summed E-state index contributed by atoms with van der Waals surface area (Å²) in [5, 5.41) is 8.71. The second-order valence-corrected chi connectivity index (χ2v) is 5.68. The minimum atomic E-state index is -1.40. The Morgan fingerprint density at radius 2 is 2.15 bits per heavy atom. The molecule has 0 aromatic rings. The average Bonchev–Trinajstić information content (AvgIpc) is 1.96. The van der Waals surface area contributed by atoms with E-state index in [4.69, 9.17) is 5.11 Å². The summed E-state index contributed by atoms with van der Waals surface area (Å²) < 4.78 is 26.0. The molecule has 0 saturated heterocycles. The van der Waals surface area contributed by atoms with Crippen LogP contribution >= 0.6 is 0 Å². The number of hydrogen-bond acceptors (Lipinski definition) is 3. The van der Waals surface area contributed by atoms with Crippen molar-refractivity contribution in [2.24, 2.45) is 0 Å². The molecule has 0 spiro atoms. The summed E-state index contributed by atoms with van der Waals surface area (Å²) in [6.45, 7) is 7.86. The molecular formula is C8H16FNO2S. The van der Waals surface area contributed by atoms with Gasteiger partial charge in [0.05, 0.1) is 6.61 Å². The fraction of sp³-hybridized carbons (Fsp3) is 0.750. The van der Waals surface area contributed by atoms with Crippen molar-refractivity contribution < 1.29 is 14.0 Å². The Kier molecular flexibility index (Phi) is 4.91. The van der Waals surface area contributed by atoms with Crippen LogP contribution in [0.15, 0.2) is 12.4 Å². The molecule has 0 unspecified atom stereocenters. The highest BCUT2D eigenvalue weighted by Crippen LogP contribution is 2.15. The van der Waals surface area contributed by atoms with Gasteiger partial charge in [0.1, 0.15) is 16.6 Å². The van der Waals surface area contributed by atoms with Crippen LogP contribution in [0, 0.1) is 0 Å². The quantitative estimate of drug-likeness (QED) is 0.676. The molecule has 0 aromatic carbocycles. The van der Waals surface area contributed by atoms with Crippen LogP contribution in [0.4, 0.5) is 4.39 Å². The summed E-state index contributed by atoms with van der Waals surface area (Å²) in [4.78, 5) is 0. The monoisotopic (exact) mass is 209 g/mol. The smallest absolute Gasteiger partial charge is 0.136 e. The fourth-order valence-corrected chi connectivity index (χ4v) is 1.32. The van der Waals surface area contributed by atoms with E-state index >= 15 is 0 Å². The molecule has 0 radical (unpaired) electrons. The van der Waals surface area contributed by atoms with Gasteiger partial charge in [-0.2, -0.15) is 0 Å². The zero-order valence-electron chi connectivity index (χ0n) is 8.13. The zero-order valence-corrected chi connectivity index (χ0v) is 8.95. The van der Waals surface area contributed by atoms with E-state index in [2.05, 4.69) is 11.3 Å². The van der Waals surface area contributed by atoms with E-state index in [1.54, 1.807) is 20.8 Å². The van der Waals surface area contributed by atoms with Crippen LogP contribution in [0.3, 0.4) is 0 Å². The second-order valence-electron chi connectivity index (χ2n) is 3.68. The van der Waals surface area contributed by atoms with Crippen LogP contribution in [0.1, 0.15) is 20.8 Å². The van der Waals surface area contributed by atoms with E-state index in [1.807, 2.05) is 0 Å². The number of hydrogen-bond donors (Lipinski definition) is 2. The van der Waals surface area contributed by atoms with Gasteiger partial charge in [-0.1, -0.05) is 6.58 Å². The Morgan fingerprint density at radius 1 is 1.69 bits per heavy atom. The van der Waals surface area contributed by atoms with Crippen molar-refractivity contribution in [1.29, 1.82) is 0 Å². The van der Waals surface area contributed by atoms with Gasteiger partial charge in [-0.25, -0.2) is 4.39 Å². The van der Waals surface area contributed by atoms with E-state index in [9.17, 15) is 8.94 Å².